The van der Waals surface area contributed by atoms with Crippen molar-refractivity contribution in [3.8, 4) is 0 Å². The van der Waals surface area contributed by atoms with Crippen LogP contribution >= 0.6 is 0 Å². The van der Waals surface area contributed by atoms with Gasteiger partial charge in [0, 0.05) is 6.21 Å². The van der Waals surface area contributed by atoms with E-state index in [1.165, 1.54) is 0 Å². The van der Waals surface area contributed by atoms with Gasteiger partial charge in [0.15, 0.2) is 6.29 Å². The first kappa shape index (κ1) is 8.06. The van der Waals surface area contributed by atoms with Crippen LogP contribution in [-0.2, 0) is 0 Å². The van der Waals surface area contributed by atoms with E-state index < -0.39 is 18.2 Å². The van der Waals surface area contributed by atoms with E-state index in [9.17, 15) is 13.2 Å². The molecule has 1 unspecified atom stereocenters. The number of hydrogen-bond acceptors (Lipinski definition) is 3. The molecule has 1 aliphatic rings. The normalized spacial score (nSPS) is 24.4. The topological polar surface area (TPSA) is 50.4 Å². The van der Waals surface area contributed by atoms with Gasteiger partial charge in [-0.3, -0.25) is 10.7 Å². The number of allylic oxidation sites excluding steroid dienone is 2. The first-order valence-electron chi connectivity index (χ1n) is 2.83. The molecule has 0 saturated heterocycles. The molecule has 0 aliphatic carbocycles. The van der Waals surface area contributed by atoms with E-state index in [0.717, 1.165) is 12.3 Å². The summed E-state index contributed by atoms with van der Waals surface area (Å²) in [4.78, 5) is 3.46. The van der Waals surface area contributed by atoms with Gasteiger partial charge in [-0.25, -0.2) is 0 Å². The van der Waals surface area contributed by atoms with Crippen LogP contribution in [-0.4, -0.2) is 18.7 Å². The maximum Gasteiger partial charge on any atom is 0.431 e. The molecule has 0 fully saturated rings. The minimum Gasteiger partial charge on any atom is -0.348 e. The lowest BCUT2D eigenvalue weighted by Crippen LogP contribution is -2.41. The van der Waals surface area contributed by atoms with Crippen molar-refractivity contribution in [2.45, 2.75) is 12.5 Å². The Morgan fingerprint density at radius 1 is 1.55 bits per heavy atom. The van der Waals surface area contributed by atoms with Crippen molar-refractivity contribution >= 4 is 6.21 Å². The molecule has 1 atom stereocenters. The molecule has 1 heterocycles. The maximum atomic E-state index is 11.9. The summed E-state index contributed by atoms with van der Waals surface area (Å²) in [5.41, 5.74) is 4.21. The Labute approximate surface area is 60.8 Å². The second kappa shape index (κ2) is 2.54. The zero-order valence-electron chi connectivity index (χ0n) is 5.39. The molecule has 0 amide bonds. The van der Waals surface area contributed by atoms with E-state index in [0.29, 0.717) is 0 Å². The second-order valence-corrected chi connectivity index (χ2v) is 1.97. The summed E-state index contributed by atoms with van der Waals surface area (Å²) in [6, 6.07) is 0. The van der Waals surface area contributed by atoms with Crippen LogP contribution in [0.3, 0.4) is 0 Å². The summed E-state index contributed by atoms with van der Waals surface area (Å²) >= 11 is 0. The molecule has 0 aromatic carbocycles. The van der Waals surface area contributed by atoms with Crippen LogP contribution < -0.4 is 11.1 Å². The molecule has 0 aromatic rings. The molecule has 0 aromatic heterocycles. The number of nitrogens with two attached hydrogens (primary N) is 1. The van der Waals surface area contributed by atoms with Crippen LogP contribution in [0.2, 0.25) is 0 Å². The second-order valence-electron chi connectivity index (χ2n) is 1.97. The summed E-state index contributed by atoms with van der Waals surface area (Å²) in [5, 5.41) is 1.97. The van der Waals surface area contributed by atoms with Crippen LogP contribution in [0, 0.1) is 0 Å². The number of halogens is 3. The quantitative estimate of drug-likeness (QED) is 0.544. The van der Waals surface area contributed by atoms with Gasteiger partial charge in [0.2, 0.25) is 0 Å². The average Bonchev–Trinajstić information content (AvgIpc) is 1.86. The third-order valence-electron chi connectivity index (χ3n) is 1.10. The van der Waals surface area contributed by atoms with Crippen LogP contribution in [0.4, 0.5) is 13.2 Å². The van der Waals surface area contributed by atoms with Gasteiger partial charge in [-0.1, -0.05) is 0 Å². The minimum absolute atomic E-state index is 0.837. The molecule has 62 valence electrons. The van der Waals surface area contributed by atoms with Crippen molar-refractivity contribution in [2.75, 3.05) is 0 Å². The van der Waals surface area contributed by atoms with Crippen LogP contribution in [0.1, 0.15) is 0 Å². The van der Waals surface area contributed by atoms with Crippen molar-refractivity contribution in [1.82, 2.24) is 5.32 Å². The fourth-order valence-corrected chi connectivity index (χ4v) is 0.631. The third-order valence-corrected chi connectivity index (χ3v) is 1.10. The molecule has 0 spiro atoms. The van der Waals surface area contributed by atoms with Gasteiger partial charge in [0.25, 0.3) is 0 Å². The third kappa shape index (κ3) is 1.94. The van der Waals surface area contributed by atoms with Crippen molar-refractivity contribution in [1.29, 1.82) is 0 Å². The molecule has 1 aliphatic heterocycles. The van der Waals surface area contributed by atoms with Crippen molar-refractivity contribution < 1.29 is 13.2 Å². The van der Waals surface area contributed by atoms with Gasteiger partial charge < -0.3 is 5.32 Å². The summed E-state index contributed by atoms with van der Waals surface area (Å²) in [5.74, 6) is 0. The zero-order chi connectivity index (χ0) is 8.48. The zero-order valence-corrected chi connectivity index (χ0v) is 5.39. The van der Waals surface area contributed by atoms with Gasteiger partial charge in [0.1, 0.15) is 5.70 Å². The van der Waals surface area contributed by atoms with E-state index in [1.807, 2.05) is 5.32 Å². The predicted octanol–water partition coefficient (Wildman–Crippen LogP) is 0.349. The van der Waals surface area contributed by atoms with E-state index >= 15 is 0 Å². The Morgan fingerprint density at radius 3 is 2.55 bits per heavy atom. The highest BCUT2D eigenvalue weighted by Crippen LogP contribution is 2.23. The molecular weight excluding hydrogens is 159 g/mol. The lowest BCUT2D eigenvalue weighted by atomic mass is 10.3. The Morgan fingerprint density at radius 2 is 2.18 bits per heavy atom. The maximum absolute atomic E-state index is 11.9. The number of aliphatic imine (C=N–C) groups is 1. The summed E-state index contributed by atoms with van der Waals surface area (Å²) < 4.78 is 35.6. The number of nitrogens with one attached hydrogen (secondary N) is 1. The number of hydrogen-bond donors (Lipinski definition) is 2. The number of rotatable bonds is 0. The summed E-state index contributed by atoms with van der Waals surface area (Å²) in [7, 11) is 0. The summed E-state index contributed by atoms with van der Waals surface area (Å²) in [6.07, 6.45) is -3.49. The molecule has 1 rings (SSSR count). The lowest BCUT2D eigenvalue weighted by molar-refractivity contribution is -0.0977. The van der Waals surface area contributed by atoms with Crippen molar-refractivity contribution in [3.63, 3.8) is 0 Å². The Hall–Kier alpha value is -1.04. The van der Waals surface area contributed by atoms with Crippen molar-refractivity contribution in [2.24, 2.45) is 10.7 Å². The Kier molecular flexibility index (Phi) is 1.86. The van der Waals surface area contributed by atoms with E-state index in [2.05, 4.69) is 4.99 Å². The highest BCUT2D eigenvalue weighted by molar-refractivity contribution is 5.73. The number of nitrogens with zero attached hydrogens (tertiary/aromatic N) is 1. The molecule has 3 N–H and O–H groups in total. The Balaban J connectivity index is 2.75. The van der Waals surface area contributed by atoms with Gasteiger partial charge in [-0.2, -0.15) is 13.2 Å². The molecule has 0 bridgehead atoms. The van der Waals surface area contributed by atoms with E-state index in [1.54, 1.807) is 0 Å². The average molecular weight is 165 g/mol. The molecular formula is C5H6F3N3. The molecule has 0 radical (unpaired) electrons. The fraction of sp³-hybridized carbons (Fsp3) is 0.400. The standard InChI is InChI=1S/C5H6F3N3/c6-5(7,8)3-1-2-10-4(9)11-3/h1-2,4,11H,9H2. The summed E-state index contributed by atoms with van der Waals surface area (Å²) in [6.45, 7) is 0. The minimum atomic E-state index is -4.37. The van der Waals surface area contributed by atoms with E-state index in [-0.39, 0.29) is 0 Å². The SMILES string of the molecule is NC1N=CC=C(C(F)(F)F)N1. The van der Waals surface area contributed by atoms with Crippen LogP contribution in [0.5, 0.6) is 0 Å². The largest absolute Gasteiger partial charge is 0.431 e. The van der Waals surface area contributed by atoms with Gasteiger partial charge >= 0.3 is 6.18 Å². The van der Waals surface area contributed by atoms with Gasteiger partial charge in [-0.05, 0) is 6.08 Å². The first-order chi connectivity index (χ1) is 5.00. The molecule has 3 nitrogen and oxygen atoms in total. The van der Waals surface area contributed by atoms with Crippen LogP contribution in [0.15, 0.2) is 16.8 Å². The highest BCUT2D eigenvalue weighted by atomic mass is 19.4. The highest BCUT2D eigenvalue weighted by Gasteiger charge is 2.35. The lowest BCUT2D eigenvalue weighted by Gasteiger charge is -2.18. The van der Waals surface area contributed by atoms with Crippen LogP contribution in [0.25, 0.3) is 0 Å². The van der Waals surface area contributed by atoms with Gasteiger partial charge in [0.05, 0.1) is 0 Å². The molecule has 0 saturated carbocycles. The van der Waals surface area contributed by atoms with Gasteiger partial charge in [-0.15, -0.1) is 0 Å². The fourth-order valence-electron chi connectivity index (χ4n) is 0.631. The molecule has 6 heteroatoms. The Bertz CT molecular complexity index is 206. The van der Waals surface area contributed by atoms with Crippen molar-refractivity contribution in [3.05, 3.63) is 11.8 Å². The first-order valence-corrected chi connectivity index (χ1v) is 2.83. The number of alkyl halides is 3. The monoisotopic (exact) mass is 165 g/mol. The smallest absolute Gasteiger partial charge is 0.348 e. The van der Waals surface area contributed by atoms with E-state index in [4.69, 9.17) is 5.73 Å². The predicted molar refractivity (Wildman–Crippen MR) is 33.7 cm³/mol. The molecule has 11 heavy (non-hydrogen) atoms.